The Balaban J connectivity index is 2.04. The van der Waals surface area contributed by atoms with E-state index in [2.05, 4.69) is 34.7 Å². The van der Waals surface area contributed by atoms with Crippen molar-refractivity contribution in [3.8, 4) is 9.88 Å². The fraction of sp³-hybridized carbons (Fsp3) is 0.357. The largest absolute Gasteiger partial charge is 0.264 e. The molecule has 4 nitrogen and oxygen atoms in total. The number of rotatable bonds is 3. The van der Waals surface area contributed by atoms with Crippen LogP contribution in [0.25, 0.3) is 15.5 Å². The average Bonchev–Trinajstić information content (AvgIpc) is 3.08. The number of allylic oxidation sites excluding steroid dienone is 1. The van der Waals surface area contributed by atoms with Crippen LogP contribution in [0.3, 0.4) is 0 Å². The molecule has 2 aromatic heterocycles. The summed E-state index contributed by atoms with van der Waals surface area (Å²) in [6.45, 7) is 3.83. The van der Waals surface area contributed by atoms with Gasteiger partial charge in [0.1, 0.15) is 5.01 Å². The number of hydrogen-bond donors (Lipinski definition) is 0. The topological polar surface area (TPSA) is 56.0 Å². The van der Waals surface area contributed by atoms with E-state index in [9.17, 15) is 10.1 Å². The van der Waals surface area contributed by atoms with Gasteiger partial charge in [0.15, 0.2) is 0 Å². The predicted octanol–water partition coefficient (Wildman–Crippen LogP) is 4.97. The molecule has 0 amide bonds. The van der Waals surface area contributed by atoms with Gasteiger partial charge in [-0.3, -0.25) is 10.1 Å². The van der Waals surface area contributed by atoms with Gasteiger partial charge in [-0.15, -0.1) is 22.7 Å². The number of thiophene rings is 1. The van der Waals surface area contributed by atoms with Gasteiger partial charge in [-0.25, -0.2) is 4.98 Å². The van der Waals surface area contributed by atoms with Crippen LogP contribution in [0.4, 0.5) is 0 Å². The lowest BCUT2D eigenvalue weighted by Gasteiger charge is -2.19. The highest BCUT2D eigenvalue weighted by molar-refractivity contribution is 14.1. The van der Waals surface area contributed by atoms with E-state index < -0.39 is 6.04 Å². The molecule has 7 heteroatoms. The van der Waals surface area contributed by atoms with Crippen LogP contribution in [-0.2, 0) is 4.43 Å². The molecule has 0 radical (unpaired) electrons. The molecular weight excluding hydrogens is 419 g/mol. The Morgan fingerprint density at radius 2 is 2.19 bits per heavy atom. The Labute approximate surface area is 144 Å². The monoisotopic (exact) mass is 432 g/mol. The number of thiazole rings is 1. The Kier molecular flexibility index (Phi) is 4.15. The lowest BCUT2D eigenvalue weighted by molar-refractivity contribution is -0.512. The quantitative estimate of drug-likeness (QED) is 0.298. The van der Waals surface area contributed by atoms with Crippen molar-refractivity contribution in [1.29, 1.82) is 0 Å². The molecule has 1 aliphatic carbocycles. The maximum absolute atomic E-state index is 11.2. The predicted molar refractivity (Wildman–Crippen MR) is 96.0 cm³/mol. The third kappa shape index (κ3) is 2.66. The van der Waals surface area contributed by atoms with Gasteiger partial charge < -0.3 is 0 Å². The molecule has 0 aromatic carbocycles. The molecule has 0 N–H and O–H groups in total. The van der Waals surface area contributed by atoms with Gasteiger partial charge in [0, 0.05) is 19.1 Å². The first kappa shape index (κ1) is 15.1. The fourth-order valence-corrected chi connectivity index (χ4v) is 5.33. The van der Waals surface area contributed by atoms with Crippen molar-refractivity contribution in [2.24, 2.45) is 0 Å². The van der Waals surface area contributed by atoms with Gasteiger partial charge in [-0.1, -0.05) is 29.5 Å². The van der Waals surface area contributed by atoms with E-state index in [-0.39, 0.29) is 10.8 Å². The Morgan fingerprint density at radius 3 is 2.81 bits per heavy atom. The summed E-state index contributed by atoms with van der Waals surface area (Å²) in [4.78, 5) is 19.2. The lowest BCUT2D eigenvalue weighted by atomic mass is 9.90. The molecule has 2 unspecified atom stereocenters. The molecule has 2 aromatic rings. The molecular formula is C14H13IN2O2S2. The van der Waals surface area contributed by atoms with Gasteiger partial charge in [-0.05, 0) is 30.7 Å². The Bertz CT molecular complexity index is 735. The van der Waals surface area contributed by atoms with Crippen LogP contribution >= 0.6 is 45.3 Å². The first-order chi connectivity index (χ1) is 10.0. The van der Waals surface area contributed by atoms with Crippen molar-refractivity contribution in [1.82, 2.24) is 4.98 Å². The van der Waals surface area contributed by atoms with Crippen LogP contribution < -0.4 is 0 Å². The first-order valence-corrected chi connectivity index (χ1v) is 9.65. The number of aromatic nitrogens is 1. The lowest BCUT2D eigenvalue weighted by Crippen LogP contribution is -2.26. The number of alkyl halides is 1. The van der Waals surface area contributed by atoms with Crippen LogP contribution in [-0.4, -0.2) is 15.9 Å². The normalized spacial score (nSPS) is 21.0. The van der Waals surface area contributed by atoms with Crippen LogP contribution in [0.2, 0.25) is 0 Å². The van der Waals surface area contributed by atoms with E-state index in [1.54, 1.807) is 28.7 Å². The summed E-state index contributed by atoms with van der Waals surface area (Å²) in [6.07, 6.45) is 1.74. The summed E-state index contributed by atoms with van der Waals surface area (Å²) in [5.74, 6) is -0.117. The van der Waals surface area contributed by atoms with E-state index in [1.165, 1.54) is 4.88 Å². The van der Waals surface area contributed by atoms with Crippen molar-refractivity contribution in [3.05, 3.63) is 43.8 Å². The highest BCUT2D eigenvalue weighted by atomic mass is 127. The van der Waals surface area contributed by atoms with Gasteiger partial charge in [0.2, 0.25) is 6.04 Å². The van der Waals surface area contributed by atoms with Gasteiger partial charge in [-0.2, -0.15) is 0 Å². The minimum atomic E-state index is -0.640. The number of halogens is 1. The van der Waals surface area contributed by atoms with E-state index >= 15 is 0 Å². The van der Waals surface area contributed by atoms with Crippen LogP contribution in [0, 0.1) is 10.1 Å². The molecule has 0 bridgehead atoms. The maximum atomic E-state index is 11.2. The molecule has 0 fully saturated rings. The zero-order chi connectivity index (χ0) is 15.1. The highest BCUT2D eigenvalue weighted by Gasteiger charge is 2.35. The maximum Gasteiger partial charge on any atom is 0.239 e. The molecule has 1 aliphatic rings. The Hall–Kier alpha value is -0.800. The summed E-state index contributed by atoms with van der Waals surface area (Å²) < 4.78 is 0.992. The van der Waals surface area contributed by atoms with Crippen molar-refractivity contribution >= 4 is 50.8 Å². The standard InChI is InChI=1S/C14H13IN2O2S2/c1-7-5-10(17(18)19)8(2)13-12(7)16-14(21-13)11-4-3-9(6-15)20-11/h3-5,8,10H,6H2,1-2H3. The molecule has 3 rings (SSSR count). The molecule has 110 valence electrons. The molecule has 0 spiro atoms. The average molecular weight is 432 g/mol. The van der Waals surface area contributed by atoms with Crippen LogP contribution in [0.5, 0.6) is 0 Å². The smallest absolute Gasteiger partial charge is 0.239 e. The highest BCUT2D eigenvalue weighted by Crippen LogP contribution is 2.43. The van der Waals surface area contributed by atoms with Crippen molar-refractivity contribution in [2.45, 2.75) is 30.2 Å². The molecule has 0 aliphatic heterocycles. The third-order valence-corrected chi connectivity index (χ3v) is 7.47. The van der Waals surface area contributed by atoms with Crippen molar-refractivity contribution in [2.75, 3.05) is 0 Å². The van der Waals surface area contributed by atoms with E-state index in [4.69, 9.17) is 4.98 Å². The zero-order valence-electron chi connectivity index (χ0n) is 11.5. The van der Waals surface area contributed by atoms with E-state index in [1.807, 2.05) is 13.8 Å². The summed E-state index contributed by atoms with van der Waals surface area (Å²) in [5, 5.41) is 12.2. The zero-order valence-corrected chi connectivity index (χ0v) is 15.3. The van der Waals surface area contributed by atoms with Gasteiger partial charge in [0.05, 0.1) is 16.5 Å². The molecule has 0 saturated heterocycles. The van der Waals surface area contributed by atoms with Gasteiger partial charge in [0.25, 0.3) is 0 Å². The summed E-state index contributed by atoms with van der Waals surface area (Å²) in [7, 11) is 0. The number of nitrogens with zero attached hydrogens (tertiary/aromatic N) is 2. The molecule has 21 heavy (non-hydrogen) atoms. The van der Waals surface area contributed by atoms with Crippen molar-refractivity contribution in [3.63, 3.8) is 0 Å². The third-order valence-electron chi connectivity index (χ3n) is 3.62. The summed E-state index contributed by atoms with van der Waals surface area (Å²) in [5.41, 5.74) is 1.85. The molecule has 2 heterocycles. The molecule has 0 saturated carbocycles. The van der Waals surface area contributed by atoms with E-state index in [0.717, 1.165) is 30.5 Å². The number of hydrogen-bond acceptors (Lipinski definition) is 5. The van der Waals surface area contributed by atoms with E-state index in [0.29, 0.717) is 0 Å². The number of fused-ring (bicyclic) bond motifs is 1. The van der Waals surface area contributed by atoms with Crippen molar-refractivity contribution < 1.29 is 4.92 Å². The van der Waals surface area contributed by atoms with Crippen LogP contribution in [0.15, 0.2) is 18.2 Å². The fourth-order valence-electron chi connectivity index (χ4n) is 2.47. The second kappa shape index (κ2) is 5.77. The number of nitro groups is 1. The minimum absolute atomic E-state index is 0.117. The minimum Gasteiger partial charge on any atom is -0.264 e. The van der Waals surface area contributed by atoms with Gasteiger partial charge >= 0.3 is 0 Å². The Morgan fingerprint density at radius 1 is 1.43 bits per heavy atom. The second-order valence-electron chi connectivity index (χ2n) is 5.05. The van der Waals surface area contributed by atoms with Crippen LogP contribution in [0.1, 0.15) is 35.2 Å². The second-order valence-corrected chi connectivity index (χ2v) is 8.01. The first-order valence-electron chi connectivity index (χ1n) is 6.49. The summed E-state index contributed by atoms with van der Waals surface area (Å²) >= 11 is 5.69. The molecule has 2 atom stereocenters. The SMILES string of the molecule is CC1=CC([N+](=O)[O-])C(C)c2sc(-c3ccc(CI)s3)nc21. The summed E-state index contributed by atoms with van der Waals surface area (Å²) in [6, 6.07) is 3.58.